The SMILES string of the molecule is CC(CN1CCNc2ccc(C(=O)O)cc21)C(=O)O. The average Bonchev–Trinajstić information content (AvgIpc) is 2.38. The van der Waals surface area contributed by atoms with Gasteiger partial charge in [-0.1, -0.05) is 6.92 Å². The molecule has 0 bridgehead atoms. The Kier molecular flexibility index (Phi) is 3.59. The van der Waals surface area contributed by atoms with Gasteiger partial charge in [0.2, 0.25) is 0 Å². The van der Waals surface area contributed by atoms with Gasteiger partial charge in [0.1, 0.15) is 0 Å². The summed E-state index contributed by atoms with van der Waals surface area (Å²) in [6.07, 6.45) is 0. The summed E-state index contributed by atoms with van der Waals surface area (Å²) < 4.78 is 0. The smallest absolute Gasteiger partial charge is 0.335 e. The van der Waals surface area contributed by atoms with Crippen LogP contribution in [0.4, 0.5) is 11.4 Å². The van der Waals surface area contributed by atoms with Crippen molar-refractivity contribution in [1.29, 1.82) is 0 Å². The molecule has 102 valence electrons. The van der Waals surface area contributed by atoms with Crippen molar-refractivity contribution < 1.29 is 19.8 Å². The second kappa shape index (κ2) is 5.17. The first kappa shape index (κ1) is 13.2. The van der Waals surface area contributed by atoms with E-state index in [0.29, 0.717) is 19.6 Å². The summed E-state index contributed by atoms with van der Waals surface area (Å²) >= 11 is 0. The predicted octanol–water partition coefficient (Wildman–Crippen LogP) is 1.34. The van der Waals surface area contributed by atoms with Crippen molar-refractivity contribution in [3.8, 4) is 0 Å². The monoisotopic (exact) mass is 264 g/mol. The molecule has 2 rings (SSSR count). The van der Waals surface area contributed by atoms with Crippen molar-refractivity contribution in [2.24, 2.45) is 5.92 Å². The summed E-state index contributed by atoms with van der Waals surface area (Å²) in [5, 5.41) is 21.2. The van der Waals surface area contributed by atoms with E-state index in [1.807, 2.05) is 4.90 Å². The van der Waals surface area contributed by atoms with Crippen molar-refractivity contribution in [2.45, 2.75) is 6.92 Å². The van der Waals surface area contributed by atoms with E-state index in [4.69, 9.17) is 10.2 Å². The Hall–Kier alpha value is -2.24. The largest absolute Gasteiger partial charge is 0.481 e. The van der Waals surface area contributed by atoms with Crippen LogP contribution in [0.2, 0.25) is 0 Å². The molecule has 6 nitrogen and oxygen atoms in total. The number of carboxylic acids is 2. The number of hydrogen-bond donors (Lipinski definition) is 3. The fraction of sp³-hybridized carbons (Fsp3) is 0.385. The number of carbonyl (C=O) groups is 2. The molecule has 0 aliphatic carbocycles. The van der Waals surface area contributed by atoms with Crippen LogP contribution >= 0.6 is 0 Å². The van der Waals surface area contributed by atoms with Crippen LogP contribution < -0.4 is 10.2 Å². The quantitative estimate of drug-likeness (QED) is 0.760. The van der Waals surface area contributed by atoms with Gasteiger partial charge in [0.15, 0.2) is 0 Å². The highest BCUT2D eigenvalue weighted by Gasteiger charge is 2.22. The molecular formula is C13H16N2O4. The highest BCUT2D eigenvalue weighted by atomic mass is 16.4. The molecule has 1 atom stereocenters. The lowest BCUT2D eigenvalue weighted by Gasteiger charge is -2.33. The maximum Gasteiger partial charge on any atom is 0.335 e. The minimum atomic E-state index is -0.986. The van der Waals surface area contributed by atoms with Crippen molar-refractivity contribution in [3.63, 3.8) is 0 Å². The third kappa shape index (κ3) is 2.78. The zero-order valence-corrected chi connectivity index (χ0v) is 10.6. The zero-order chi connectivity index (χ0) is 14.0. The van der Waals surface area contributed by atoms with Gasteiger partial charge in [-0.15, -0.1) is 0 Å². The lowest BCUT2D eigenvalue weighted by atomic mass is 10.1. The zero-order valence-electron chi connectivity index (χ0n) is 10.6. The number of rotatable bonds is 4. The summed E-state index contributed by atoms with van der Waals surface area (Å²) in [6.45, 7) is 3.39. The number of fused-ring (bicyclic) bond motifs is 1. The Morgan fingerprint density at radius 1 is 1.42 bits per heavy atom. The molecule has 1 aromatic carbocycles. The summed E-state index contributed by atoms with van der Waals surface area (Å²) in [6, 6.07) is 4.84. The van der Waals surface area contributed by atoms with Crippen molar-refractivity contribution in [1.82, 2.24) is 0 Å². The van der Waals surface area contributed by atoms with Crippen LogP contribution in [0, 0.1) is 5.92 Å². The molecule has 0 radical (unpaired) electrons. The normalized spacial score (nSPS) is 15.3. The maximum absolute atomic E-state index is 11.0. The highest BCUT2D eigenvalue weighted by molar-refractivity contribution is 5.91. The van der Waals surface area contributed by atoms with Gasteiger partial charge in [0, 0.05) is 19.6 Å². The van der Waals surface area contributed by atoms with Crippen LogP contribution in [0.1, 0.15) is 17.3 Å². The van der Waals surface area contributed by atoms with E-state index >= 15 is 0 Å². The number of anilines is 2. The first-order chi connectivity index (χ1) is 8.99. The van der Waals surface area contributed by atoms with Gasteiger partial charge in [-0.25, -0.2) is 4.79 Å². The number of aromatic carboxylic acids is 1. The Bertz CT molecular complexity index is 515. The minimum Gasteiger partial charge on any atom is -0.481 e. The van der Waals surface area contributed by atoms with Gasteiger partial charge >= 0.3 is 11.9 Å². The molecule has 0 saturated carbocycles. The second-order valence-corrected chi connectivity index (χ2v) is 4.65. The molecule has 6 heteroatoms. The number of aliphatic carboxylic acids is 1. The van der Waals surface area contributed by atoms with Gasteiger partial charge in [0.05, 0.1) is 22.9 Å². The molecule has 0 spiro atoms. The maximum atomic E-state index is 11.0. The highest BCUT2D eigenvalue weighted by Crippen LogP contribution is 2.30. The van der Waals surface area contributed by atoms with Gasteiger partial charge in [-0.2, -0.15) is 0 Å². The summed E-state index contributed by atoms with van der Waals surface area (Å²) in [7, 11) is 0. The van der Waals surface area contributed by atoms with E-state index in [-0.39, 0.29) is 5.56 Å². The fourth-order valence-electron chi connectivity index (χ4n) is 2.12. The molecule has 0 saturated heterocycles. The standard InChI is InChI=1S/C13H16N2O4/c1-8(12(16)17)7-15-5-4-14-10-3-2-9(13(18)19)6-11(10)15/h2-3,6,8,14H,4-5,7H2,1H3,(H,16,17)(H,18,19). The van der Waals surface area contributed by atoms with Crippen molar-refractivity contribution in [3.05, 3.63) is 23.8 Å². The molecule has 19 heavy (non-hydrogen) atoms. The molecule has 1 aromatic rings. The molecule has 0 amide bonds. The van der Waals surface area contributed by atoms with Crippen LogP contribution in [0.3, 0.4) is 0 Å². The summed E-state index contributed by atoms with van der Waals surface area (Å²) in [4.78, 5) is 23.8. The van der Waals surface area contributed by atoms with Crippen LogP contribution in [-0.4, -0.2) is 41.8 Å². The van der Waals surface area contributed by atoms with E-state index < -0.39 is 17.9 Å². The van der Waals surface area contributed by atoms with Crippen LogP contribution in [0.5, 0.6) is 0 Å². The first-order valence-corrected chi connectivity index (χ1v) is 6.08. The molecule has 1 aliphatic rings. The van der Waals surface area contributed by atoms with Crippen LogP contribution in [0.15, 0.2) is 18.2 Å². The third-order valence-corrected chi connectivity index (χ3v) is 3.20. The summed E-state index contributed by atoms with van der Waals surface area (Å²) in [5.41, 5.74) is 1.79. The average molecular weight is 264 g/mol. The Labute approximate surface area is 110 Å². The van der Waals surface area contributed by atoms with E-state index in [0.717, 1.165) is 11.4 Å². The van der Waals surface area contributed by atoms with Crippen molar-refractivity contribution >= 4 is 23.3 Å². The molecule has 0 aromatic heterocycles. The molecule has 1 unspecified atom stereocenters. The lowest BCUT2D eigenvalue weighted by molar-refractivity contribution is -0.140. The van der Waals surface area contributed by atoms with E-state index in [1.54, 1.807) is 19.1 Å². The molecule has 0 fully saturated rings. The second-order valence-electron chi connectivity index (χ2n) is 4.65. The lowest BCUT2D eigenvalue weighted by Crippen LogP contribution is -2.38. The van der Waals surface area contributed by atoms with Gasteiger partial charge in [-0.3, -0.25) is 4.79 Å². The number of hydrogen-bond acceptors (Lipinski definition) is 4. The Morgan fingerprint density at radius 3 is 2.79 bits per heavy atom. The van der Waals surface area contributed by atoms with E-state index in [9.17, 15) is 9.59 Å². The number of nitrogens with zero attached hydrogens (tertiary/aromatic N) is 1. The van der Waals surface area contributed by atoms with Crippen LogP contribution in [-0.2, 0) is 4.79 Å². The van der Waals surface area contributed by atoms with Gasteiger partial charge in [0.25, 0.3) is 0 Å². The van der Waals surface area contributed by atoms with Gasteiger partial charge in [-0.05, 0) is 18.2 Å². The number of carboxylic acid groups (broad SMARTS) is 2. The molecule has 1 aliphatic heterocycles. The topological polar surface area (TPSA) is 89.9 Å². The van der Waals surface area contributed by atoms with E-state index in [1.165, 1.54) is 6.07 Å². The Balaban J connectivity index is 2.28. The van der Waals surface area contributed by atoms with Crippen molar-refractivity contribution in [2.75, 3.05) is 29.9 Å². The molecule has 3 N–H and O–H groups in total. The predicted molar refractivity (Wildman–Crippen MR) is 70.9 cm³/mol. The Morgan fingerprint density at radius 2 is 2.16 bits per heavy atom. The van der Waals surface area contributed by atoms with E-state index in [2.05, 4.69) is 5.32 Å². The number of benzene rings is 1. The molecule has 1 heterocycles. The third-order valence-electron chi connectivity index (χ3n) is 3.20. The summed E-state index contributed by atoms with van der Waals surface area (Å²) in [5.74, 6) is -2.34. The number of nitrogens with one attached hydrogen (secondary N) is 1. The van der Waals surface area contributed by atoms with Gasteiger partial charge < -0.3 is 20.4 Å². The minimum absolute atomic E-state index is 0.204. The fourth-order valence-corrected chi connectivity index (χ4v) is 2.12. The van der Waals surface area contributed by atoms with Crippen LogP contribution in [0.25, 0.3) is 0 Å². The molecular weight excluding hydrogens is 248 g/mol. The first-order valence-electron chi connectivity index (χ1n) is 6.08.